The molecule has 1 fully saturated rings. The molecule has 10 nitrogen and oxygen atoms in total. The van der Waals surface area contributed by atoms with Gasteiger partial charge in [0.1, 0.15) is 18.3 Å². The molecule has 182 valence electrons. The summed E-state index contributed by atoms with van der Waals surface area (Å²) >= 11 is 0. The van der Waals surface area contributed by atoms with Crippen LogP contribution in [-0.2, 0) is 28.7 Å². The average Bonchev–Trinajstić information content (AvgIpc) is 3.23. The molecular formula is C21H25F3N8O2. The molecule has 0 radical (unpaired) electrons. The van der Waals surface area contributed by atoms with Crippen molar-refractivity contribution in [3.63, 3.8) is 0 Å². The number of hydrogen-bond acceptors (Lipinski definition) is 7. The van der Waals surface area contributed by atoms with Crippen LogP contribution in [0.2, 0.25) is 0 Å². The van der Waals surface area contributed by atoms with Gasteiger partial charge in [-0.05, 0) is 38.7 Å². The van der Waals surface area contributed by atoms with Crippen LogP contribution in [0.25, 0.3) is 0 Å². The van der Waals surface area contributed by atoms with Crippen LogP contribution in [0.15, 0.2) is 12.3 Å². The van der Waals surface area contributed by atoms with Gasteiger partial charge in [-0.3, -0.25) is 14.3 Å². The Labute approximate surface area is 193 Å². The summed E-state index contributed by atoms with van der Waals surface area (Å²) in [4.78, 5) is 37.8. The summed E-state index contributed by atoms with van der Waals surface area (Å²) in [6, 6.07) is 0.515. The first-order valence-electron chi connectivity index (χ1n) is 11.2. The van der Waals surface area contributed by atoms with Crippen molar-refractivity contribution in [1.82, 2.24) is 25.1 Å². The second kappa shape index (κ2) is 8.13. The molecular weight excluding hydrogens is 453 g/mol. The molecule has 2 N–H and O–H groups in total. The van der Waals surface area contributed by atoms with Crippen LogP contribution in [0.4, 0.5) is 30.6 Å². The van der Waals surface area contributed by atoms with E-state index in [2.05, 4.69) is 25.7 Å². The molecule has 5 rings (SSSR count). The van der Waals surface area contributed by atoms with Crippen LogP contribution >= 0.6 is 0 Å². The largest absolute Gasteiger partial charge is 0.435 e. The fourth-order valence-corrected chi connectivity index (χ4v) is 4.62. The summed E-state index contributed by atoms with van der Waals surface area (Å²) < 4.78 is 38.9. The van der Waals surface area contributed by atoms with E-state index in [0.717, 1.165) is 47.0 Å². The van der Waals surface area contributed by atoms with Crippen molar-refractivity contribution in [3.8, 4) is 0 Å². The van der Waals surface area contributed by atoms with Gasteiger partial charge in [0.2, 0.25) is 17.8 Å². The SMILES string of the molecule is CC1C(=O)N2CCCc3nc(NC4CC(NC(=O)Cn5ccc(C(F)(F)F)n5)C4)nc(c32)N1C. The number of nitrogens with zero attached hydrogens (tertiary/aromatic N) is 6. The third-order valence-corrected chi connectivity index (χ3v) is 6.61. The maximum Gasteiger partial charge on any atom is 0.435 e. The van der Waals surface area contributed by atoms with Crippen molar-refractivity contribution in [2.24, 2.45) is 0 Å². The number of halogens is 3. The van der Waals surface area contributed by atoms with Crippen LogP contribution in [0.5, 0.6) is 0 Å². The topological polar surface area (TPSA) is 108 Å². The molecule has 2 aliphatic heterocycles. The highest BCUT2D eigenvalue weighted by molar-refractivity contribution is 6.05. The summed E-state index contributed by atoms with van der Waals surface area (Å²) in [5.74, 6) is 0.897. The Morgan fingerprint density at radius 1 is 1.24 bits per heavy atom. The van der Waals surface area contributed by atoms with Gasteiger partial charge in [0.15, 0.2) is 11.5 Å². The molecule has 1 unspecified atom stereocenters. The molecule has 1 aliphatic carbocycles. The van der Waals surface area contributed by atoms with Gasteiger partial charge >= 0.3 is 6.18 Å². The first-order chi connectivity index (χ1) is 16.1. The zero-order valence-electron chi connectivity index (χ0n) is 18.8. The minimum absolute atomic E-state index is 0.0579. The minimum Gasteiger partial charge on any atom is -0.352 e. The van der Waals surface area contributed by atoms with Crippen LogP contribution < -0.4 is 20.4 Å². The predicted octanol–water partition coefficient (Wildman–Crippen LogP) is 1.57. The molecule has 2 amide bonds. The van der Waals surface area contributed by atoms with Gasteiger partial charge in [0, 0.05) is 31.9 Å². The quantitative estimate of drug-likeness (QED) is 0.672. The Balaban J connectivity index is 1.18. The Kier molecular flexibility index (Phi) is 5.36. The summed E-state index contributed by atoms with van der Waals surface area (Å²) in [5, 5.41) is 9.53. The highest BCUT2D eigenvalue weighted by Crippen LogP contribution is 2.40. The number of anilines is 3. The van der Waals surface area contributed by atoms with Gasteiger partial charge in [-0.15, -0.1) is 0 Å². The van der Waals surface area contributed by atoms with Gasteiger partial charge in [0.05, 0.1) is 5.69 Å². The van der Waals surface area contributed by atoms with Gasteiger partial charge in [-0.25, -0.2) is 4.98 Å². The number of hydrogen-bond donors (Lipinski definition) is 2. The number of likely N-dealkylation sites (N-methyl/N-ethyl adjacent to an activating group) is 1. The zero-order valence-corrected chi connectivity index (χ0v) is 18.8. The van der Waals surface area contributed by atoms with Crippen molar-refractivity contribution in [2.75, 3.05) is 28.7 Å². The predicted molar refractivity (Wildman–Crippen MR) is 116 cm³/mol. The first kappa shape index (κ1) is 22.4. The molecule has 1 atom stereocenters. The summed E-state index contributed by atoms with van der Waals surface area (Å²) in [6.07, 6.45) is -0.481. The van der Waals surface area contributed by atoms with Gasteiger partial charge in [0.25, 0.3) is 0 Å². The van der Waals surface area contributed by atoms with E-state index in [4.69, 9.17) is 0 Å². The molecule has 2 aromatic heterocycles. The normalized spacial score (nSPS) is 23.9. The number of carbonyl (C=O) groups excluding carboxylic acids is 2. The van der Waals surface area contributed by atoms with E-state index in [1.165, 1.54) is 0 Å². The maximum atomic E-state index is 12.6. The standard InChI is InChI=1S/C21H25F3N8O2/c1-11-19(34)32-6-3-4-14-17(32)18(30(11)2)28-20(27-14)26-13-8-12(9-13)25-16(33)10-31-7-5-15(29-31)21(22,23)24/h5,7,11-13H,3-4,6,8-10H2,1-2H3,(H,25,33)(H,26,27,28). The van der Waals surface area contributed by atoms with Crippen molar-refractivity contribution in [1.29, 1.82) is 0 Å². The minimum atomic E-state index is -4.54. The van der Waals surface area contributed by atoms with Gasteiger partial charge in [-0.2, -0.15) is 23.3 Å². The van der Waals surface area contributed by atoms with Crippen LogP contribution in [0.1, 0.15) is 37.6 Å². The molecule has 0 saturated heterocycles. The van der Waals surface area contributed by atoms with E-state index in [0.29, 0.717) is 25.3 Å². The molecule has 2 aromatic rings. The Morgan fingerprint density at radius 2 is 2.00 bits per heavy atom. The van der Waals surface area contributed by atoms with Crippen molar-refractivity contribution in [3.05, 3.63) is 23.7 Å². The average molecular weight is 478 g/mol. The number of nitrogens with one attached hydrogen (secondary N) is 2. The molecule has 4 heterocycles. The molecule has 0 aromatic carbocycles. The van der Waals surface area contributed by atoms with E-state index < -0.39 is 17.8 Å². The van der Waals surface area contributed by atoms with Crippen LogP contribution in [0.3, 0.4) is 0 Å². The van der Waals surface area contributed by atoms with Gasteiger partial charge in [-0.1, -0.05) is 0 Å². The molecule has 0 bridgehead atoms. The number of rotatable bonds is 5. The van der Waals surface area contributed by atoms with E-state index >= 15 is 0 Å². The third-order valence-electron chi connectivity index (χ3n) is 6.61. The second-order valence-corrected chi connectivity index (χ2v) is 9.02. The lowest BCUT2D eigenvalue weighted by Gasteiger charge is -2.42. The Bertz CT molecular complexity index is 1130. The lowest BCUT2D eigenvalue weighted by atomic mass is 9.87. The molecule has 34 heavy (non-hydrogen) atoms. The van der Waals surface area contributed by atoms with E-state index in [9.17, 15) is 22.8 Å². The highest BCUT2D eigenvalue weighted by Gasteiger charge is 2.39. The van der Waals surface area contributed by atoms with Crippen molar-refractivity contribution < 1.29 is 22.8 Å². The zero-order chi connectivity index (χ0) is 24.2. The third kappa shape index (κ3) is 4.03. The lowest BCUT2D eigenvalue weighted by Crippen LogP contribution is -2.53. The summed E-state index contributed by atoms with van der Waals surface area (Å²) in [5.41, 5.74) is 0.630. The monoisotopic (exact) mass is 478 g/mol. The molecule has 0 spiro atoms. The fourth-order valence-electron chi connectivity index (χ4n) is 4.62. The molecule has 13 heteroatoms. The Morgan fingerprint density at radius 3 is 2.71 bits per heavy atom. The number of carbonyl (C=O) groups is 2. The van der Waals surface area contributed by atoms with Gasteiger partial charge < -0.3 is 20.4 Å². The number of aromatic nitrogens is 4. The summed E-state index contributed by atoms with van der Waals surface area (Å²) in [6.45, 7) is 2.26. The smallest absolute Gasteiger partial charge is 0.352 e. The van der Waals surface area contributed by atoms with Crippen LogP contribution in [0, 0.1) is 0 Å². The maximum absolute atomic E-state index is 12.6. The van der Waals surface area contributed by atoms with E-state index in [1.54, 1.807) is 4.90 Å². The lowest BCUT2D eigenvalue weighted by molar-refractivity contribution is -0.141. The molecule has 3 aliphatic rings. The van der Waals surface area contributed by atoms with Crippen molar-refractivity contribution >= 4 is 29.3 Å². The molecule has 1 saturated carbocycles. The fraction of sp³-hybridized carbons (Fsp3) is 0.571. The van der Waals surface area contributed by atoms with E-state index in [-0.39, 0.29) is 30.6 Å². The number of amides is 2. The summed E-state index contributed by atoms with van der Waals surface area (Å²) in [7, 11) is 1.85. The van der Waals surface area contributed by atoms with Crippen molar-refractivity contribution in [2.45, 2.75) is 63.5 Å². The second-order valence-electron chi connectivity index (χ2n) is 9.02. The number of aryl methyl sites for hydroxylation is 1. The van der Waals surface area contributed by atoms with E-state index in [1.807, 2.05) is 18.9 Å². The first-order valence-corrected chi connectivity index (χ1v) is 11.2. The highest BCUT2D eigenvalue weighted by atomic mass is 19.4. The Hall–Kier alpha value is -3.38. The van der Waals surface area contributed by atoms with Crippen LogP contribution in [-0.4, -0.2) is 63.3 Å². The number of alkyl halides is 3.